The molecule has 0 amide bonds. The molecule has 0 aliphatic heterocycles. The van der Waals surface area contributed by atoms with Crippen LogP contribution in [0.15, 0.2) is 58.3 Å². The fourth-order valence-corrected chi connectivity index (χ4v) is 2.79. The van der Waals surface area contributed by atoms with Crippen molar-refractivity contribution in [1.82, 2.24) is 0 Å². The molecule has 16 heavy (non-hydrogen) atoms. The number of aryl methyl sites for hydroxylation is 2. The number of benzene rings is 2. The molecular formula is C15H16S. The molecule has 0 saturated carbocycles. The van der Waals surface area contributed by atoms with Crippen molar-refractivity contribution in [3.8, 4) is 0 Å². The molecule has 0 spiro atoms. The van der Waals surface area contributed by atoms with Crippen molar-refractivity contribution in [2.24, 2.45) is 0 Å². The summed E-state index contributed by atoms with van der Waals surface area (Å²) in [5.74, 6) is 0. The Morgan fingerprint density at radius 3 is 2.19 bits per heavy atom. The minimum Gasteiger partial charge on any atom is -0.0895 e. The highest BCUT2D eigenvalue weighted by molar-refractivity contribution is 7.99. The van der Waals surface area contributed by atoms with Gasteiger partial charge in [-0.1, -0.05) is 55.1 Å². The normalized spacial score (nSPS) is 10.4. The molecule has 0 saturated heterocycles. The lowest BCUT2D eigenvalue weighted by Crippen LogP contribution is -1.85. The van der Waals surface area contributed by atoms with E-state index in [1.54, 1.807) is 0 Å². The summed E-state index contributed by atoms with van der Waals surface area (Å²) in [4.78, 5) is 2.72. The Hall–Kier alpha value is -1.21. The fourth-order valence-electron chi connectivity index (χ4n) is 1.68. The zero-order chi connectivity index (χ0) is 11.4. The zero-order valence-corrected chi connectivity index (χ0v) is 10.6. The first-order chi connectivity index (χ1) is 7.81. The quantitative estimate of drug-likeness (QED) is 0.733. The summed E-state index contributed by atoms with van der Waals surface area (Å²) >= 11 is 1.87. The summed E-state index contributed by atoms with van der Waals surface area (Å²) in [5.41, 5.74) is 2.77. The number of rotatable bonds is 3. The van der Waals surface area contributed by atoms with Gasteiger partial charge in [0.25, 0.3) is 0 Å². The first kappa shape index (κ1) is 11.3. The second kappa shape index (κ2) is 5.22. The Morgan fingerprint density at radius 2 is 1.50 bits per heavy atom. The monoisotopic (exact) mass is 228 g/mol. The predicted octanol–water partition coefficient (Wildman–Crippen LogP) is 4.71. The molecular weight excluding hydrogens is 212 g/mol. The molecule has 0 radical (unpaired) electrons. The van der Waals surface area contributed by atoms with Gasteiger partial charge in [0.05, 0.1) is 0 Å². The molecule has 2 aromatic rings. The topological polar surface area (TPSA) is 0 Å². The van der Waals surface area contributed by atoms with Gasteiger partial charge in [0.2, 0.25) is 0 Å². The van der Waals surface area contributed by atoms with Gasteiger partial charge < -0.3 is 0 Å². The molecule has 1 heteroatoms. The Morgan fingerprint density at radius 1 is 0.875 bits per heavy atom. The van der Waals surface area contributed by atoms with Crippen molar-refractivity contribution in [2.75, 3.05) is 0 Å². The highest BCUT2D eigenvalue weighted by atomic mass is 32.2. The van der Waals surface area contributed by atoms with Crippen LogP contribution in [0.5, 0.6) is 0 Å². The van der Waals surface area contributed by atoms with Crippen LogP contribution in [-0.2, 0) is 6.42 Å². The average molecular weight is 228 g/mol. The largest absolute Gasteiger partial charge is 0.0895 e. The van der Waals surface area contributed by atoms with Crippen LogP contribution < -0.4 is 0 Å². The van der Waals surface area contributed by atoms with E-state index in [2.05, 4.69) is 62.4 Å². The van der Waals surface area contributed by atoms with Gasteiger partial charge in [-0.15, -0.1) is 0 Å². The van der Waals surface area contributed by atoms with Crippen LogP contribution in [0.3, 0.4) is 0 Å². The van der Waals surface area contributed by atoms with Gasteiger partial charge in [0.15, 0.2) is 0 Å². The second-order valence-corrected chi connectivity index (χ2v) is 4.91. The predicted molar refractivity (Wildman–Crippen MR) is 71.1 cm³/mol. The maximum Gasteiger partial charge on any atom is 0.0154 e. The fraction of sp³-hybridized carbons (Fsp3) is 0.200. The van der Waals surface area contributed by atoms with Gasteiger partial charge in [-0.25, -0.2) is 0 Å². The minimum atomic E-state index is 1.09. The molecule has 0 fully saturated rings. The second-order valence-electron chi connectivity index (χ2n) is 3.83. The van der Waals surface area contributed by atoms with Crippen LogP contribution in [0.25, 0.3) is 0 Å². The smallest absolute Gasteiger partial charge is 0.0154 e. The van der Waals surface area contributed by atoms with Crippen molar-refractivity contribution < 1.29 is 0 Å². The maximum absolute atomic E-state index is 2.21. The third-order valence-corrected chi connectivity index (χ3v) is 3.96. The summed E-state index contributed by atoms with van der Waals surface area (Å²) in [6, 6.07) is 17.2. The van der Waals surface area contributed by atoms with Crippen molar-refractivity contribution in [2.45, 2.75) is 30.1 Å². The van der Waals surface area contributed by atoms with Crippen molar-refractivity contribution >= 4 is 11.8 Å². The highest BCUT2D eigenvalue weighted by Crippen LogP contribution is 2.32. The number of hydrogen-bond acceptors (Lipinski definition) is 1. The summed E-state index contributed by atoms with van der Waals surface area (Å²) in [5, 5.41) is 0. The van der Waals surface area contributed by atoms with E-state index in [4.69, 9.17) is 0 Å². The summed E-state index contributed by atoms with van der Waals surface area (Å²) in [6.45, 7) is 4.37. The van der Waals surface area contributed by atoms with Gasteiger partial charge in [0.1, 0.15) is 0 Å². The van der Waals surface area contributed by atoms with E-state index < -0.39 is 0 Å². The van der Waals surface area contributed by atoms with E-state index in [0.29, 0.717) is 0 Å². The van der Waals surface area contributed by atoms with E-state index in [1.807, 2.05) is 11.8 Å². The van der Waals surface area contributed by atoms with Gasteiger partial charge in [-0.3, -0.25) is 0 Å². The molecule has 82 valence electrons. The molecule has 0 heterocycles. The summed E-state index contributed by atoms with van der Waals surface area (Å²) in [6.07, 6.45) is 1.09. The van der Waals surface area contributed by atoms with Crippen LogP contribution in [0, 0.1) is 6.92 Å². The Balaban J connectivity index is 2.30. The van der Waals surface area contributed by atoms with Crippen molar-refractivity contribution in [3.05, 3.63) is 59.7 Å². The lowest BCUT2D eigenvalue weighted by molar-refractivity contribution is 1.08. The van der Waals surface area contributed by atoms with Crippen LogP contribution in [0.1, 0.15) is 18.1 Å². The molecule has 0 unspecified atom stereocenters. The van der Waals surface area contributed by atoms with Gasteiger partial charge in [-0.2, -0.15) is 0 Å². The molecule has 0 aromatic heterocycles. The highest BCUT2D eigenvalue weighted by Gasteiger charge is 2.03. The molecule has 0 nitrogen and oxygen atoms in total. The molecule has 2 aromatic carbocycles. The van der Waals surface area contributed by atoms with Crippen LogP contribution in [0.4, 0.5) is 0 Å². The summed E-state index contributed by atoms with van der Waals surface area (Å²) in [7, 11) is 0. The molecule has 2 rings (SSSR count). The third-order valence-electron chi connectivity index (χ3n) is 2.67. The Labute approximate surface area is 102 Å². The SMILES string of the molecule is CCc1ccccc1Sc1ccccc1C. The van der Waals surface area contributed by atoms with E-state index in [9.17, 15) is 0 Å². The summed E-state index contributed by atoms with van der Waals surface area (Å²) < 4.78 is 0. The minimum absolute atomic E-state index is 1.09. The standard InChI is InChI=1S/C15H16S/c1-3-13-9-5-7-11-15(13)16-14-10-6-4-8-12(14)2/h4-11H,3H2,1-2H3. The Bertz CT molecular complexity index is 474. The van der Waals surface area contributed by atoms with Crippen LogP contribution in [0.2, 0.25) is 0 Å². The van der Waals surface area contributed by atoms with Crippen LogP contribution >= 0.6 is 11.8 Å². The maximum atomic E-state index is 2.21. The average Bonchev–Trinajstić information content (AvgIpc) is 2.33. The van der Waals surface area contributed by atoms with Gasteiger partial charge in [-0.05, 0) is 36.6 Å². The molecule has 0 aliphatic carbocycles. The van der Waals surface area contributed by atoms with Gasteiger partial charge in [0, 0.05) is 9.79 Å². The van der Waals surface area contributed by atoms with E-state index in [-0.39, 0.29) is 0 Å². The van der Waals surface area contributed by atoms with Crippen molar-refractivity contribution in [3.63, 3.8) is 0 Å². The molecule has 0 N–H and O–H groups in total. The van der Waals surface area contributed by atoms with Gasteiger partial charge >= 0.3 is 0 Å². The third kappa shape index (κ3) is 2.48. The molecule has 0 bridgehead atoms. The lowest BCUT2D eigenvalue weighted by Gasteiger charge is -2.08. The number of hydrogen-bond donors (Lipinski definition) is 0. The first-order valence-corrected chi connectivity index (χ1v) is 6.44. The van der Waals surface area contributed by atoms with Crippen molar-refractivity contribution in [1.29, 1.82) is 0 Å². The van der Waals surface area contributed by atoms with E-state index in [1.165, 1.54) is 20.9 Å². The van der Waals surface area contributed by atoms with E-state index >= 15 is 0 Å². The molecule has 0 atom stereocenters. The molecule has 0 aliphatic rings. The Kier molecular flexibility index (Phi) is 3.68. The zero-order valence-electron chi connectivity index (χ0n) is 9.73. The lowest BCUT2D eigenvalue weighted by atomic mass is 10.2. The van der Waals surface area contributed by atoms with E-state index in [0.717, 1.165) is 6.42 Å². The first-order valence-electron chi connectivity index (χ1n) is 5.62. The van der Waals surface area contributed by atoms with Crippen LogP contribution in [-0.4, -0.2) is 0 Å².